The van der Waals surface area contributed by atoms with Gasteiger partial charge in [-0.1, -0.05) is 0 Å². The van der Waals surface area contributed by atoms with Gasteiger partial charge in [-0.3, -0.25) is 9.78 Å². The third-order valence-electron chi connectivity index (χ3n) is 6.58. The molecule has 2 aromatic rings. The number of aromatic nitrogens is 1. The zero-order chi connectivity index (χ0) is 23.4. The number of carbonyl (C=O) groups excluding carboxylic acids is 1. The van der Waals surface area contributed by atoms with E-state index in [0.717, 1.165) is 38.1 Å². The van der Waals surface area contributed by atoms with E-state index in [1.807, 2.05) is 29.0 Å². The second-order valence-electron chi connectivity index (χ2n) is 9.01. The van der Waals surface area contributed by atoms with Crippen molar-refractivity contribution in [2.45, 2.75) is 18.4 Å². The van der Waals surface area contributed by atoms with Gasteiger partial charge in [0.1, 0.15) is 5.82 Å². The fourth-order valence-electron chi connectivity index (χ4n) is 4.74. The summed E-state index contributed by atoms with van der Waals surface area (Å²) < 4.78 is 19.6. The third-order valence-corrected chi connectivity index (χ3v) is 6.58. The summed E-state index contributed by atoms with van der Waals surface area (Å²) in [6, 6.07) is 9.76. The molecular formula is C25H32FN5O2. The van der Waals surface area contributed by atoms with E-state index < -0.39 is 0 Å². The van der Waals surface area contributed by atoms with E-state index in [1.165, 1.54) is 12.1 Å². The number of carbonyl (C=O) groups is 1. The molecule has 7 nitrogen and oxygen atoms in total. The fraction of sp³-hybridized carbons (Fsp3) is 0.440. The Balaban J connectivity index is 1.49. The molecule has 1 aromatic heterocycles. The number of rotatable bonds is 5. The lowest BCUT2D eigenvalue weighted by Crippen LogP contribution is -2.57. The number of hydrogen-bond acceptors (Lipinski definition) is 6. The lowest BCUT2D eigenvalue weighted by molar-refractivity contribution is -0.148. The van der Waals surface area contributed by atoms with E-state index in [9.17, 15) is 9.18 Å². The molecule has 4 rings (SSSR count). The SMILES string of the molecule is CN1CCOC2(CCN(C(=O)CN(C)/C(=C(\N)c3ccc(F)cc3)c3ccncc3)CC2)C1. The largest absolute Gasteiger partial charge is 0.397 e. The van der Waals surface area contributed by atoms with Crippen molar-refractivity contribution in [2.24, 2.45) is 5.73 Å². The summed E-state index contributed by atoms with van der Waals surface area (Å²) in [6.07, 6.45) is 5.07. The van der Waals surface area contributed by atoms with Crippen LogP contribution in [0.2, 0.25) is 0 Å². The summed E-state index contributed by atoms with van der Waals surface area (Å²) in [5, 5.41) is 0. The first-order chi connectivity index (χ1) is 15.9. The summed E-state index contributed by atoms with van der Waals surface area (Å²) in [5.41, 5.74) is 9.13. The monoisotopic (exact) mass is 453 g/mol. The molecule has 1 aromatic carbocycles. The van der Waals surface area contributed by atoms with E-state index in [2.05, 4.69) is 16.9 Å². The minimum absolute atomic E-state index is 0.0509. The Morgan fingerprint density at radius 1 is 1.12 bits per heavy atom. The molecule has 2 fully saturated rings. The summed E-state index contributed by atoms with van der Waals surface area (Å²) in [5.74, 6) is -0.272. The van der Waals surface area contributed by atoms with Gasteiger partial charge in [0.2, 0.25) is 5.91 Å². The van der Waals surface area contributed by atoms with Crippen LogP contribution in [0.4, 0.5) is 4.39 Å². The second-order valence-corrected chi connectivity index (χ2v) is 9.01. The number of nitrogens with zero attached hydrogens (tertiary/aromatic N) is 4. The zero-order valence-corrected chi connectivity index (χ0v) is 19.3. The van der Waals surface area contributed by atoms with E-state index in [1.54, 1.807) is 24.5 Å². The maximum Gasteiger partial charge on any atom is 0.242 e. The summed E-state index contributed by atoms with van der Waals surface area (Å²) in [7, 11) is 3.98. The average Bonchev–Trinajstić information content (AvgIpc) is 2.80. The van der Waals surface area contributed by atoms with Crippen molar-refractivity contribution in [1.29, 1.82) is 0 Å². The van der Waals surface area contributed by atoms with Crippen molar-refractivity contribution >= 4 is 17.3 Å². The number of likely N-dealkylation sites (N-methyl/N-ethyl adjacent to an activating group) is 2. The molecule has 2 saturated heterocycles. The van der Waals surface area contributed by atoms with Crippen molar-refractivity contribution in [3.8, 4) is 0 Å². The van der Waals surface area contributed by atoms with Crippen LogP contribution in [0, 0.1) is 5.82 Å². The van der Waals surface area contributed by atoms with Crippen LogP contribution in [0.25, 0.3) is 11.4 Å². The van der Waals surface area contributed by atoms with Crippen LogP contribution in [0.15, 0.2) is 48.8 Å². The minimum Gasteiger partial charge on any atom is -0.397 e. The number of ether oxygens (including phenoxy) is 1. The second kappa shape index (κ2) is 9.89. The van der Waals surface area contributed by atoms with Crippen LogP contribution in [0.1, 0.15) is 24.0 Å². The Morgan fingerprint density at radius 2 is 1.79 bits per heavy atom. The lowest BCUT2D eigenvalue weighted by atomic mass is 9.89. The molecule has 1 amide bonds. The number of morpholine rings is 1. The Bertz CT molecular complexity index is 988. The van der Waals surface area contributed by atoms with Gasteiger partial charge >= 0.3 is 0 Å². The van der Waals surface area contributed by atoms with Crippen LogP contribution in [0.3, 0.4) is 0 Å². The molecule has 0 radical (unpaired) electrons. The van der Waals surface area contributed by atoms with Gasteiger partial charge in [0.25, 0.3) is 0 Å². The van der Waals surface area contributed by atoms with Crippen molar-refractivity contribution in [3.05, 3.63) is 65.7 Å². The third kappa shape index (κ3) is 5.34. The highest BCUT2D eigenvalue weighted by molar-refractivity contribution is 5.90. The number of benzene rings is 1. The number of piperidine rings is 1. The topological polar surface area (TPSA) is 74.9 Å². The van der Waals surface area contributed by atoms with Gasteiger partial charge in [-0.2, -0.15) is 0 Å². The number of amides is 1. The first-order valence-corrected chi connectivity index (χ1v) is 11.3. The fourth-order valence-corrected chi connectivity index (χ4v) is 4.74. The predicted octanol–water partition coefficient (Wildman–Crippen LogP) is 2.26. The van der Waals surface area contributed by atoms with E-state index in [4.69, 9.17) is 10.5 Å². The van der Waals surface area contributed by atoms with Gasteiger partial charge < -0.3 is 25.2 Å². The Morgan fingerprint density at radius 3 is 2.42 bits per heavy atom. The minimum atomic E-state index is -0.323. The van der Waals surface area contributed by atoms with Crippen LogP contribution >= 0.6 is 0 Å². The molecule has 0 saturated carbocycles. The van der Waals surface area contributed by atoms with Crippen LogP contribution in [-0.2, 0) is 9.53 Å². The standard InChI is InChI=1S/C25H32FN5O2/c1-29-15-16-33-25(18-29)9-13-31(14-10-25)22(32)17-30(2)24(20-7-11-28-12-8-20)23(27)19-3-5-21(26)6-4-19/h3-8,11-12H,9-10,13-18,27H2,1-2H3/b24-23-. The van der Waals surface area contributed by atoms with Gasteiger partial charge in [-0.05, 0) is 61.9 Å². The molecule has 8 heteroatoms. The lowest BCUT2D eigenvalue weighted by Gasteiger charge is -2.46. The van der Waals surface area contributed by atoms with Crippen LogP contribution in [-0.4, -0.2) is 84.6 Å². The molecule has 0 atom stereocenters. The zero-order valence-electron chi connectivity index (χ0n) is 19.3. The van der Waals surface area contributed by atoms with Crippen molar-refractivity contribution in [2.75, 3.05) is 53.4 Å². The first-order valence-electron chi connectivity index (χ1n) is 11.3. The molecule has 0 unspecified atom stereocenters. The molecular weight excluding hydrogens is 421 g/mol. The smallest absolute Gasteiger partial charge is 0.242 e. The molecule has 0 bridgehead atoms. The van der Waals surface area contributed by atoms with E-state index in [-0.39, 0.29) is 23.9 Å². The summed E-state index contributed by atoms with van der Waals surface area (Å²) in [4.78, 5) is 23.4. The highest BCUT2D eigenvalue weighted by atomic mass is 19.1. The van der Waals surface area contributed by atoms with E-state index >= 15 is 0 Å². The number of pyridine rings is 1. The van der Waals surface area contributed by atoms with Gasteiger partial charge in [0.15, 0.2) is 0 Å². The number of hydrogen-bond donors (Lipinski definition) is 1. The molecule has 33 heavy (non-hydrogen) atoms. The summed E-state index contributed by atoms with van der Waals surface area (Å²) in [6.45, 7) is 4.17. The molecule has 0 aliphatic carbocycles. The molecule has 2 aliphatic heterocycles. The van der Waals surface area contributed by atoms with Crippen molar-refractivity contribution in [1.82, 2.24) is 19.7 Å². The molecule has 2 N–H and O–H groups in total. The maximum absolute atomic E-state index is 13.4. The normalized spacial score (nSPS) is 19.3. The quantitative estimate of drug-likeness (QED) is 0.749. The average molecular weight is 454 g/mol. The van der Waals surface area contributed by atoms with Gasteiger partial charge in [-0.25, -0.2) is 4.39 Å². The highest BCUT2D eigenvalue weighted by Crippen LogP contribution is 2.30. The number of nitrogens with two attached hydrogens (primary N) is 1. The highest BCUT2D eigenvalue weighted by Gasteiger charge is 2.39. The van der Waals surface area contributed by atoms with Crippen LogP contribution in [0.5, 0.6) is 0 Å². The van der Waals surface area contributed by atoms with Crippen LogP contribution < -0.4 is 5.73 Å². The predicted molar refractivity (Wildman–Crippen MR) is 126 cm³/mol. The summed E-state index contributed by atoms with van der Waals surface area (Å²) >= 11 is 0. The molecule has 1 spiro atoms. The number of likely N-dealkylation sites (tertiary alicyclic amines) is 1. The van der Waals surface area contributed by atoms with Gasteiger partial charge in [0.05, 0.1) is 30.1 Å². The maximum atomic E-state index is 13.4. The number of halogens is 1. The molecule has 3 heterocycles. The first kappa shape index (κ1) is 23.2. The van der Waals surface area contributed by atoms with Gasteiger partial charge in [0, 0.05) is 51.2 Å². The molecule has 176 valence electrons. The Labute approximate surface area is 194 Å². The molecule has 2 aliphatic rings. The van der Waals surface area contributed by atoms with Gasteiger partial charge in [-0.15, -0.1) is 0 Å². The van der Waals surface area contributed by atoms with Crippen molar-refractivity contribution in [3.63, 3.8) is 0 Å². The van der Waals surface area contributed by atoms with Crippen molar-refractivity contribution < 1.29 is 13.9 Å². The Hall–Kier alpha value is -2.97. The Kier molecular flexibility index (Phi) is 6.95. The van der Waals surface area contributed by atoms with E-state index in [0.29, 0.717) is 30.0 Å².